The molecule has 0 aliphatic heterocycles. The van der Waals surface area contributed by atoms with Gasteiger partial charge in [0, 0.05) is 30.5 Å². The van der Waals surface area contributed by atoms with Gasteiger partial charge in [0.15, 0.2) is 11.7 Å². The van der Waals surface area contributed by atoms with E-state index in [0.29, 0.717) is 34.3 Å². The van der Waals surface area contributed by atoms with Crippen LogP contribution >= 0.6 is 11.6 Å². The molecule has 0 aliphatic carbocycles. The van der Waals surface area contributed by atoms with E-state index in [4.69, 9.17) is 16.0 Å². The number of hydrogen-bond donors (Lipinski definition) is 2. The van der Waals surface area contributed by atoms with E-state index in [0.717, 1.165) is 5.56 Å². The lowest BCUT2D eigenvalue weighted by Gasteiger charge is -2.09. The first-order valence-corrected chi connectivity index (χ1v) is 8.76. The normalized spacial score (nSPS) is 10.4. The van der Waals surface area contributed by atoms with Crippen molar-refractivity contribution in [3.8, 4) is 11.3 Å². The summed E-state index contributed by atoms with van der Waals surface area (Å²) in [5.74, 6) is 0.602. The first kappa shape index (κ1) is 18.7. The molecule has 7 heteroatoms. The van der Waals surface area contributed by atoms with Gasteiger partial charge in [-0.2, -0.15) is 0 Å². The summed E-state index contributed by atoms with van der Waals surface area (Å²) >= 11 is 5.88. The van der Waals surface area contributed by atoms with Crippen LogP contribution in [0.4, 0.5) is 5.69 Å². The predicted octanol–water partition coefficient (Wildman–Crippen LogP) is 3.93. The van der Waals surface area contributed by atoms with Crippen molar-refractivity contribution in [2.75, 3.05) is 12.4 Å². The number of halogens is 1. The summed E-state index contributed by atoms with van der Waals surface area (Å²) in [4.78, 5) is 28.3. The van der Waals surface area contributed by atoms with Crippen molar-refractivity contribution in [1.29, 1.82) is 0 Å². The molecule has 1 heterocycles. The Bertz CT molecular complexity index is 951. The largest absolute Gasteiger partial charge is 0.441 e. The molecule has 1 aromatic heterocycles. The van der Waals surface area contributed by atoms with E-state index < -0.39 is 0 Å². The lowest BCUT2D eigenvalue weighted by molar-refractivity contribution is -0.116. The molecule has 3 aromatic rings. The second-order valence-corrected chi connectivity index (χ2v) is 6.23. The van der Waals surface area contributed by atoms with Crippen LogP contribution in [0.3, 0.4) is 0 Å². The van der Waals surface area contributed by atoms with Gasteiger partial charge in [-0.25, -0.2) is 4.98 Å². The zero-order valence-corrected chi connectivity index (χ0v) is 15.4. The van der Waals surface area contributed by atoms with Crippen LogP contribution in [0.5, 0.6) is 0 Å². The molecule has 0 bridgehead atoms. The van der Waals surface area contributed by atoms with Crippen molar-refractivity contribution in [1.82, 2.24) is 10.3 Å². The number of para-hydroxylation sites is 1. The second kappa shape index (κ2) is 8.51. The Hall–Kier alpha value is -3.12. The number of nitrogens with zero attached hydrogens (tertiary/aromatic N) is 1. The summed E-state index contributed by atoms with van der Waals surface area (Å²) in [5.41, 5.74) is 1.74. The molecule has 3 rings (SSSR count). The molecule has 138 valence electrons. The lowest BCUT2D eigenvalue weighted by atomic mass is 10.1. The van der Waals surface area contributed by atoms with Gasteiger partial charge < -0.3 is 15.1 Å². The molecule has 2 aromatic carbocycles. The number of anilines is 1. The maximum Gasteiger partial charge on any atom is 0.253 e. The highest BCUT2D eigenvalue weighted by Crippen LogP contribution is 2.23. The number of nitrogens with one attached hydrogen (secondary N) is 2. The summed E-state index contributed by atoms with van der Waals surface area (Å²) in [6.45, 7) is 0. The highest BCUT2D eigenvalue weighted by atomic mass is 35.5. The minimum absolute atomic E-state index is 0.183. The van der Waals surface area contributed by atoms with Gasteiger partial charge in [-0.1, -0.05) is 23.7 Å². The average molecular weight is 384 g/mol. The molecule has 0 atom stereocenters. The Morgan fingerprint density at radius 2 is 1.85 bits per heavy atom. The van der Waals surface area contributed by atoms with Crippen molar-refractivity contribution in [2.45, 2.75) is 12.8 Å². The number of benzene rings is 2. The second-order valence-electron chi connectivity index (χ2n) is 5.80. The number of aromatic nitrogens is 1. The van der Waals surface area contributed by atoms with Crippen molar-refractivity contribution in [3.05, 3.63) is 71.2 Å². The standard InChI is InChI=1S/C20H18ClN3O3/c1-22-20(26)15-4-2-3-5-16(15)24-18(25)10-11-19-23-12-17(27-19)13-6-8-14(21)9-7-13/h2-9,12H,10-11H2,1H3,(H,22,26)(H,24,25). The van der Waals surface area contributed by atoms with Crippen LogP contribution in [0.1, 0.15) is 22.7 Å². The smallest absolute Gasteiger partial charge is 0.253 e. The first-order valence-electron chi connectivity index (χ1n) is 8.38. The van der Waals surface area contributed by atoms with Crippen molar-refractivity contribution < 1.29 is 14.0 Å². The number of carbonyl (C=O) groups excluding carboxylic acids is 2. The maximum absolute atomic E-state index is 12.2. The molecular weight excluding hydrogens is 366 g/mol. The molecule has 0 spiro atoms. The van der Waals surface area contributed by atoms with Crippen LogP contribution in [0.2, 0.25) is 5.02 Å². The van der Waals surface area contributed by atoms with Gasteiger partial charge in [-0.05, 0) is 36.4 Å². The number of hydrogen-bond acceptors (Lipinski definition) is 4. The third-order valence-corrected chi connectivity index (χ3v) is 4.17. The molecule has 0 saturated carbocycles. The molecule has 0 aliphatic rings. The fourth-order valence-electron chi connectivity index (χ4n) is 2.53. The van der Waals surface area contributed by atoms with Crippen LogP contribution in [0, 0.1) is 0 Å². The lowest BCUT2D eigenvalue weighted by Crippen LogP contribution is -2.21. The average Bonchev–Trinajstić information content (AvgIpc) is 3.16. The number of amides is 2. The van der Waals surface area contributed by atoms with Gasteiger partial charge in [-0.15, -0.1) is 0 Å². The van der Waals surface area contributed by atoms with E-state index in [1.54, 1.807) is 49.6 Å². The minimum atomic E-state index is -0.258. The van der Waals surface area contributed by atoms with E-state index in [1.165, 1.54) is 0 Å². The fourth-order valence-corrected chi connectivity index (χ4v) is 2.66. The SMILES string of the molecule is CNC(=O)c1ccccc1NC(=O)CCc1ncc(-c2ccc(Cl)cc2)o1. The Labute approximate surface area is 161 Å². The zero-order valence-electron chi connectivity index (χ0n) is 14.7. The van der Waals surface area contributed by atoms with Gasteiger partial charge in [0.1, 0.15) is 0 Å². The summed E-state index contributed by atoms with van der Waals surface area (Å²) in [5, 5.41) is 5.95. The van der Waals surface area contributed by atoms with Crippen LogP contribution in [-0.4, -0.2) is 23.8 Å². The van der Waals surface area contributed by atoms with Gasteiger partial charge in [0.25, 0.3) is 5.91 Å². The Kier molecular flexibility index (Phi) is 5.88. The summed E-state index contributed by atoms with van der Waals surface area (Å²) in [6.07, 6.45) is 2.15. The molecular formula is C20H18ClN3O3. The number of aryl methyl sites for hydroxylation is 1. The molecule has 2 amide bonds. The van der Waals surface area contributed by atoms with Gasteiger partial charge in [-0.3, -0.25) is 9.59 Å². The number of rotatable bonds is 6. The Morgan fingerprint density at radius 1 is 1.11 bits per heavy atom. The monoisotopic (exact) mass is 383 g/mol. The van der Waals surface area contributed by atoms with Gasteiger partial charge in [0.2, 0.25) is 5.91 Å². The number of oxazole rings is 1. The third-order valence-electron chi connectivity index (χ3n) is 3.92. The van der Waals surface area contributed by atoms with Crippen LogP contribution in [0.25, 0.3) is 11.3 Å². The van der Waals surface area contributed by atoms with Crippen molar-refractivity contribution in [3.63, 3.8) is 0 Å². The molecule has 0 unspecified atom stereocenters. The summed E-state index contributed by atoms with van der Waals surface area (Å²) < 4.78 is 5.69. The maximum atomic E-state index is 12.2. The van der Waals surface area contributed by atoms with Gasteiger partial charge >= 0.3 is 0 Å². The van der Waals surface area contributed by atoms with E-state index in [1.807, 2.05) is 12.1 Å². The summed E-state index contributed by atoms with van der Waals surface area (Å²) in [7, 11) is 1.54. The van der Waals surface area contributed by atoms with Gasteiger partial charge in [0.05, 0.1) is 17.4 Å². The van der Waals surface area contributed by atoms with Crippen LogP contribution in [-0.2, 0) is 11.2 Å². The van der Waals surface area contributed by atoms with E-state index in [-0.39, 0.29) is 18.2 Å². The van der Waals surface area contributed by atoms with E-state index in [2.05, 4.69) is 15.6 Å². The number of carbonyl (C=O) groups is 2. The predicted molar refractivity (Wildman–Crippen MR) is 104 cm³/mol. The van der Waals surface area contributed by atoms with Crippen LogP contribution in [0.15, 0.2) is 59.1 Å². The van der Waals surface area contributed by atoms with Crippen molar-refractivity contribution in [2.24, 2.45) is 0 Å². The quantitative estimate of drug-likeness (QED) is 0.675. The first-order chi connectivity index (χ1) is 13.1. The fraction of sp³-hybridized carbons (Fsp3) is 0.150. The molecule has 0 fully saturated rings. The van der Waals surface area contributed by atoms with Crippen molar-refractivity contribution >= 4 is 29.1 Å². The molecule has 0 saturated heterocycles. The highest BCUT2D eigenvalue weighted by Gasteiger charge is 2.13. The third kappa shape index (κ3) is 4.74. The zero-order chi connectivity index (χ0) is 19.2. The highest BCUT2D eigenvalue weighted by molar-refractivity contribution is 6.30. The van der Waals surface area contributed by atoms with Crippen LogP contribution < -0.4 is 10.6 Å². The van der Waals surface area contributed by atoms with E-state index >= 15 is 0 Å². The molecule has 27 heavy (non-hydrogen) atoms. The van der Waals surface area contributed by atoms with E-state index in [9.17, 15) is 9.59 Å². The Balaban J connectivity index is 1.60. The topological polar surface area (TPSA) is 84.2 Å². The molecule has 0 radical (unpaired) electrons. The minimum Gasteiger partial charge on any atom is -0.441 e. The molecule has 6 nitrogen and oxygen atoms in total. The Morgan fingerprint density at radius 3 is 2.59 bits per heavy atom. The summed E-state index contributed by atoms with van der Waals surface area (Å²) in [6, 6.07) is 14.1. The molecule has 2 N–H and O–H groups in total.